The zero-order valence-electron chi connectivity index (χ0n) is 9.77. The minimum Gasteiger partial charge on any atom is -0.468 e. The summed E-state index contributed by atoms with van der Waals surface area (Å²) in [5, 5.41) is 0. The molecule has 1 rings (SSSR count). The number of methoxy groups -OCH3 is 1. The van der Waals surface area contributed by atoms with Gasteiger partial charge >= 0.3 is 12.5 Å². The molecular weight excluding hydrogens is 232 g/mol. The molecule has 0 atom stereocenters. The third kappa shape index (κ3) is 3.77. The molecule has 0 aliphatic rings. The van der Waals surface area contributed by atoms with Gasteiger partial charge in [-0.3, -0.25) is 14.3 Å². The van der Waals surface area contributed by atoms with Gasteiger partial charge in [-0.2, -0.15) is 8.78 Å². The Hall–Kier alpha value is -1.50. The van der Waals surface area contributed by atoms with E-state index in [-0.39, 0.29) is 18.9 Å². The van der Waals surface area contributed by atoms with Gasteiger partial charge in [0.1, 0.15) is 5.82 Å². The molecule has 0 saturated carbocycles. The molecule has 96 valence electrons. The van der Waals surface area contributed by atoms with Crippen molar-refractivity contribution in [1.82, 2.24) is 14.5 Å². The predicted octanol–water partition coefficient (Wildman–Crippen LogP) is 1.27. The van der Waals surface area contributed by atoms with E-state index in [1.807, 2.05) is 6.92 Å². The molecule has 0 spiro atoms. The molecule has 1 aromatic heterocycles. The first-order valence-electron chi connectivity index (χ1n) is 5.17. The second-order valence-corrected chi connectivity index (χ2v) is 3.41. The van der Waals surface area contributed by atoms with Gasteiger partial charge in [-0.25, -0.2) is 4.98 Å². The Morgan fingerprint density at radius 2 is 2.35 bits per heavy atom. The van der Waals surface area contributed by atoms with Crippen LogP contribution >= 0.6 is 0 Å². The monoisotopic (exact) mass is 247 g/mol. The number of nitrogens with zero attached hydrogens (tertiary/aromatic N) is 3. The molecular formula is C10H15F2N3O2. The number of rotatable bonds is 6. The van der Waals surface area contributed by atoms with Crippen molar-refractivity contribution in [3.63, 3.8) is 0 Å². The highest BCUT2D eigenvalue weighted by Gasteiger charge is 2.16. The van der Waals surface area contributed by atoms with Crippen LogP contribution in [0.25, 0.3) is 0 Å². The van der Waals surface area contributed by atoms with E-state index < -0.39 is 12.5 Å². The number of hydrogen-bond donors (Lipinski definition) is 0. The molecule has 0 bridgehead atoms. The first-order chi connectivity index (χ1) is 8.08. The van der Waals surface area contributed by atoms with Crippen LogP contribution in [0.1, 0.15) is 19.3 Å². The summed E-state index contributed by atoms with van der Waals surface area (Å²) < 4.78 is 30.4. The normalized spacial score (nSPS) is 11.2. The summed E-state index contributed by atoms with van der Waals surface area (Å²) in [7, 11) is 1.29. The zero-order valence-corrected chi connectivity index (χ0v) is 9.77. The smallest absolute Gasteiger partial charge is 0.319 e. The fourth-order valence-corrected chi connectivity index (χ4v) is 1.37. The van der Waals surface area contributed by atoms with Crippen LogP contribution in [0, 0.1) is 0 Å². The number of ether oxygens (including phenoxy) is 1. The van der Waals surface area contributed by atoms with Crippen LogP contribution in [-0.4, -0.2) is 40.6 Å². The summed E-state index contributed by atoms with van der Waals surface area (Å²) in [6, 6.07) is 0. The van der Waals surface area contributed by atoms with Crippen molar-refractivity contribution in [2.45, 2.75) is 20.0 Å². The maximum absolute atomic E-state index is 12.6. The number of carbonyl (C=O) groups is 1. The Balaban J connectivity index is 2.67. The highest BCUT2D eigenvalue weighted by atomic mass is 19.3. The molecule has 0 aliphatic carbocycles. The maximum Gasteiger partial charge on any atom is 0.319 e. The molecule has 0 aromatic carbocycles. The van der Waals surface area contributed by atoms with Crippen LogP contribution < -0.4 is 0 Å². The number of alkyl halides is 2. The summed E-state index contributed by atoms with van der Waals surface area (Å²) >= 11 is 0. The Morgan fingerprint density at radius 1 is 1.65 bits per heavy atom. The summed E-state index contributed by atoms with van der Waals surface area (Å²) in [4.78, 5) is 16.6. The fraction of sp³-hybridized carbons (Fsp3) is 0.600. The van der Waals surface area contributed by atoms with Crippen molar-refractivity contribution in [3.8, 4) is 0 Å². The highest BCUT2D eigenvalue weighted by molar-refractivity contribution is 5.71. The number of carbonyl (C=O) groups excluding carboxylic acids is 1. The van der Waals surface area contributed by atoms with E-state index >= 15 is 0 Å². The van der Waals surface area contributed by atoms with Gasteiger partial charge in [-0.1, -0.05) is 6.92 Å². The van der Waals surface area contributed by atoms with Crippen molar-refractivity contribution in [2.75, 3.05) is 20.2 Å². The molecule has 1 heterocycles. The summed E-state index contributed by atoms with van der Waals surface area (Å²) in [6.45, 7) is -0.000125. The van der Waals surface area contributed by atoms with Gasteiger partial charge in [0.2, 0.25) is 0 Å². The van der Waals surface area contributed by atoms with E-state index in [0.717, 1.165) is 4.57 Å². The van der Waals surface area contributed by atoms with E-state index in [9.17, 15) is 13.6 Å². The number of imidazole rings is 1. The Labute approximate surface area is 98.0 Å². The van der Waals surface area contributed by atoms with Gasteiger partial charge in [-0.15, -0.1) is 0 Å². The number of halogens is 2. The lowest BCUT2D eigenvalue weighted by molar-refractivity contribution is -0.142. The van der Waals surface area contributed by atoms with Gasteiger partial charge in [0.15, 0.2) is 0 Å². The first kappa shape index (κ1) is 13.6. The van der Waals surface area contributed by atoms with Gasteiger partial charge < -0.3 is 4.74 Å². The second-order valence-electron chi connectivity index (χ2n) is 3.41. The molecule has 0 unspecified atom stereocenters. The molecule has 0 N–H and O–H groups in total. The second kappa shape index (κ2) is 6.29. The Bertz CT molecular complexity index is 368. The molecule has 0 amide bonds. The quantitative estimate of drug-likeness (QED) is 0.710. The minimum absolute atomic E-state index is 0.0586. The van der Waals surface area contributed by atoms with Crippen molar-refractivity contribution in [2.24, 2.45) is 0 Å². The topological polar surface area (TPSA) is 47.4 Å². The van der Waals surface area contributed by atoms with Crippen molar-refractivity contribution in [3.05, 3.63) is 18.2 Å². The van der Waals surface area contributed by atoms with Crippen molar-refractivity contribution in [1.29, 1.82) is 0 Å². The standard InChI is InChI=1S/C10H15F2N3O2/c1-3-14(7-9(16)17-2)6-8-13-4-5-15(8)10(11)12/h4-5,10H,3,6-7H2,1-2H3. The van der Waals surface area contributed by atoms with E-state index in [2.05, 4.69) is 9.72 Å². The highest BCUT2D eigenvalue weighted by Crippen LogP contribution is 2.13. The lowest BCUT2D eigenvalue weighted by Crippen LogP contribution is -2.31. The van der Waals surface area contributed by atoms with Gasteiger partial charge in [0.25, 0.3) is 0 Å². The van der Waals surface area contributed by atoms with Crippen LogP contribution in [0.15, 0.2) is 12.4 Å². The molecule has 5 nitrogen and oxygen atoms in total. The van der Waals surface area contributed by atoms with Gasteiger partial charge in [0, 0.05) is 12.4 Å². The largest absolute Gasteiger partial charge is 0.468 e. The van der Waals surface area contributed by atoms with Crippen molar-refractivity contribution < 1.29 is 18.3 Å². The van der Waals surface area contributed by atoms with Crippen LogP contribution in [0.4, 0.5) is 8.78 Å². The molecule has 0 radical (unpaired) electrons. The summed E-state index contributed by atoms with van der Waals surface area (Å²) in [5.41, 5.74) is 0. The molecule has 7 heteroatoms. The lowest BCUT2D eigenvalue weighted by Gasteiger charge is -2.18. The summed E-state index contributed by atoms with van der Waals surface area (Å²) in [6.07, 6.45) is 2.53. The molecule has 0 fully saturated rings. The average molecular weight is 247 g/mol. The number of esters is 1. The van der Waals surface area contributed by atoms with E-state index in [1.165, 1.54) is 19.5 Å². The third-order valence-corrected chi connectivity index (χ3v) is 2.35. The van der Waals surface area contributed by atoms with E-state index in [0.29, 0.717) is 6.54 Å². The molecule has 1 aromatic rings. The van der Waals surface area contributed by atoms with Gasteiger partial charge in [-0.05, 0) is 6.54 Å². The maximum atomic E-state index is 12.6. The molecule has 17 heavy (non-hydrogen) atoms. The zero-order chi connectivity index (χ0) is 12.8. The van der Waals surface area contributed by atoms with E-state index in [4.69, 9.17) is 0 Å². The van der Waals surface area contributed by atoms with Crippen LogP contribution in [0.5, 0.6) is 0 Å². The molecule has 0 saturated heterocycles. The Kier molecular flexibility index (Phi) is 5.02. The number of hydrogen-bond acceptors (Lipinski definition) is 4. The van der Waals surface area contributed by atoms with E-state index in [1.54, 1.807) is 4.90 Å². The average Bonchev–Trinajstić information content (AvgIpc) is 2.76. The lowest BCUT2D eigenvalue weighted by atomic mass is 10.4. The minimum atomic E-state index is -2.62. The van der Waals surface area contributed by atoms with Gasteiger partial charge in [0.05, 0.1) is 20.2 Å². The van der Waals surface area contributed by atoms with Crippen LogP contribution in [0.3, 0.4) is 0 Å². The van der Waals surface area contributed by atoms with Crippen LogP contribution in [-0.2, 0) is 16.1 Å². The number of likely N-dealkylation sites (N-methyl/N-ethyl adjacent to an activating group) is 1. The number of aromatic nitrogens is 2. The third-order valence-electron chi connectivity index (χ3n) is 2.35. The Morgan fingerprint density at radius 3 is 2.88 bits per heavy atom. The SMILES string of the molecule is CCN(CC(=O)OC)Cc1nccn1C(F)F. The fourth-order valence-electron chi connectivity index (χ4n) is 1.37. The molecule has 0 aliphatic heterocycles. The van der Waals surface area contributed by atoms with Crippen LogP contribution in [0.2, 0.25) is 0 Å². The first-order valence-corrected chi connectivity index (χ1v) is 5.17. The van der Waals surface area contributed by atoms with Crippen molar-refractivity contribution >= 4 is 5.97 Å². The summed E-state index contributed by atoms with van der Waals surface area (Å²) in [5.74, 6) is -0.173. The predicted molar refractivity (Wildman–Crippen MR) is 56.4 cm³/mol.